The van der Waals surface area contributed by atoms with E-state index in [0.717, 1.165) is 31.7 Å². The van der Waals surface area contributed by atoms with Gasteiger partial charge in [-0.2, -0.15) is 5.10 Å². The summed E-state index contributed by atoms with van der Waals surface area (Å²) in [7, 11) is 0. The minimum absolute atomic E-state index is 0.513. The quantitative estimate of drug-likeness (QED) is 0.798. The molecule has 4 heteroatoms. The number of ether oxygens (including phenoxy) is 1. The maximum atomic E-state index is 5.92. The van der Waals surface area contributed by atoms with Crippen molar-refractivity contribution in [3.63, 3.8) is 0 Å². The van der Waals surface area contributed by atoms with Crippen LogP contribution in [0.1, 0.15) is 64.1 Å². The van der Waals surface area contributed by atoms with Crippen molar-refractivity contribution in [1.29, 1.82) is 0 Å². The summed E-state index contributed by atoms with van der Waals surface area (Å²) in [5, 5.41) is 4.64. The molecule has 1 heterocycles. The molecule has 2 unspecified atom stereocenters. The fraction of sp³-hybridized carbons (Fsp3) is 0.824. The molecule has 0 aromatic carbocycles. The Morgan fingerprint density at radius 3 is 2.67 bits per heavy atom. The third kappa shape index (κ3) is 4.55. The molecule has 2 atom stereocenters. The van der Waals surface area contributed by atoms with E-state index in [-0.39, 0.29) is 0 Å². The lowest BCUT2D eigenvalue weighted by atomic mass is 9.80. The molecule has 0 aliphatic heterocycles. The minimum Gasteiger partial charge on any atom is -0.375 e. The predicted octanol–water partition coefficient (Wildman–Crippen LogP) is 3.53. The Hall–Kier alpha value is -0.870. The van der Waals surface area contributed by atoms with Crippen molar-refractivity contribution < 1.29 is 4.74 Å². The van der Waals surface area contributed by atoms with Gasteiger partial charge in [-0.15, -0.1) is 0 Å². The zero-order chi connectivity index (χ0) is 15.1. The van der Waals surface area contributed by atoms with Crippen molar-refractivity contribution in [3.05, 3.63) is 18.0 Å². The van der Waals surface area contributed by atoms with Crippen LogP contribution in [-0.2, 0) is 11.3 Å². The topological polar surface area (TPSA) is 53.1 Å². The van der Waals surface area contributed by atoms with Crippen molar-refractivity contribution >= 4 is 0 Å². The summed E-state index contributed by atoms with van der Waals surface area (Å²) >= 11 is 0. The molecule has 4 nitrogen and oxygen atoms in total. The second-order valence-electron chi connectivity index (χ2n) is 6.31. The number of rotatable bonds is 8. The van der Waals surface area contributed by atoms with Gasteiger partial charge in [-0.3, -0.25) is 4.68 Å². The van der Waals surface area contributed by atoms with Gasteiger partial charge in [-0.05, 0) is 50.1 Å². The van der Waals surface area contributed by atoms with E-state index in [1.165, 1.54) is 25.7 Å². The molecular formula is C17H31N3O. The molecular weight excluding hydrogens is 262 g/mol. The number of nitrogens with zero attached hydrogens (tertiary/aromatic N) is 2. The molecule has 2 rings (SSSR count). The van der Waals surface area contributed by atoms with Crippen LogP contribution >= 0.6 is 0 Å². The van der Waals surface area contributed by atoms with E-state index in [1.54, 1.807) is 0 Å². The van der Waals surface area contributed by atoms with Crippen molar-refractivity contribution in [2.45, 2.75) is 65.0 Å². The molecule has 1 aromatic rings. The van der Waals surface area contributed by atoms with Crippen LogP contribution in [0.25, 0.3) is 0 Å². The Morgan fingerprint density at radius 1 is 1.29 bits per heavy atom. The third-order valence-electron chi connectivity index (χ3n) is 4.93. The van der Waals surface area contributed by atoms with Crippen LogP contribution in [0.3, 0.4) is 0 Å². The molecule has 21 heavy (non-hydrogen) atoms. The Balaban J connectivity index is 1.78. The Morgan fingerprint density at radius 2 is 2.00 bits per heavy atom. The second-order valence-corrected chi connectivity index (χ2v) is 6.31. The monoisotopic (exact) mass is 293 g/mol. The Labute approximate surface area is 129 Å². The summed E-state index contributed by atoms with van der Waals surface area (Å²) in [4.78, 5) is 0. The summed E-state index contributed by atoms with van der Waals surface area (Å²) in [5.74, 6) is 1.30. The molecule has 1 aliphatic carbocycles. The molecule has 0 spiro atoms. The molecule has 0 amide bonds. The minimum atomic E-state index is 0.513. The average molecular weight is 293 g/mol. The van der Waals surface area contributed by atoms with E-state index < -0.39 is 0 Å². The normalized spacial score (nSPS) is 22.9. The second kappa shape index (κ2) is 8.54. The van der Waals surface area contributed by atoms with Crippen LogP contribution in [0.2, 0.25) is 0 Å². The van der Waals surface area contributed by atoms with E-state index in [4.69, 9.17) is 10.5 Å². The summed E-state index contributed by atoms with van der Waals surface area (Å²) in [6, 6.07) is 2.60. The first-order valence-electron chi connectivity index (χ1n) is 8.60. The molecule has 0 saturated heterocycles. The summed E-state index contributed by atoms with van der Waals surface area (Å²) in [6.07, 6.45) is 9.53. The molecule has 1 aliphatic rings. The first kappa shape index (κ1) is 16.5. The molecule has 1 aromatic heterocycles. The van der Waals surface area contributed by atoms with Gasteiger partial charge in [0.05, 0.1) is 24.9 Å². The Kier molecular flexibility index (Phi) is 6.71. The van der Waals surface area contributed by atoms with E-state index in [1.807, 2.05) is 0 Å². The van der Waals surface area contributed by atoms with Gasteiger partial charge in [0.15, 0.2) is 0 Å². The van der Waals surface area contributed by atoms with E-state index >= 15 is 0 Å². The smallest absolute Gasteiger partial charge is 0.0906 e. The highest BCUT2D eigenvalue weighted by atomic mass is 16.5. The lowest BCUT2D eigenvalue weighted by Crippen LogP contribution is -2.29. The fourth-order valence-electron chi connectivity index (χ4n) is 3.45. The molecule has 1 saturated carbocycles. The highest BCUT2D eigenvalue weighted by molar-refractivity contribution is 4.98. The highest BCUT2D eigenvalue weighted by Gasteiger charge is 2.24. The Bertz CT molecular complexity index is 400. The third-order valence-corrected chi connectivity index (χ3v) is 4.93. The highest BCUT2D eigenvalue weighted by Crippen LogP contribution is 2.29. The number of hydrogen-bond donors (Lipinski definition) is 1. The fourth-order valence-corrected chi connectivity index (χ4v) is 3.45. The number of hydrogen-bond acceptors (Lipinski definition) is 3. The van der Waals surface area contributed by atoms with Crippen LogP contribution in [-0.4, -0.2) is 22.9 Å². The SMILES string of the molecule is CCC(CC)n1ccc(COCC2CCCCC2CN)n1. The van der Waals surface area contributed by atoms with Crippen molar-refractivity contribution in [2.24, 2.45) is 17.6 Å². The zero-order valence-electron chi connectivity index (χ0n) is 13.6. The number of nitrogens with two attached hydrogens (primary N) is 1. The van der Waals surface area contributed by atoms with Crippen molar-refractivity contribution in [3.8, 4) is 0 Å². The molecule has 1 fully saturated rings. The van der Waals surface area contributed by atoms with E-state index in [2.05, 4.69) is 35.9 Å². The van der Waals surface area contributed by atoms with Crippen molar-refractivity contribution in [1.82, 2.24) is 9.78 Å². The lowest BCUT2D eigenvalue weighted by Gasteiger charge is -2.30. The molecule has 0 radical (unpaired) electrons. The van der Waals surface area contributed by atoms with Crippen LogP contribution < -0.4 is 5.73 Å². The first-order valence-corrected chi connectivity index (χ1v) is 8.60. The van der Waals surface area contributed by atoms with E-state index in [9.17, 15) is 0 Å². The van der Waals surface area contributed by atoms with Gasteiger partial charge < -0.3 is 10.5 Å². The molecule has 0 bridgehead atoms. The maximum absolute atomic E-state index is 5.92. The lowest BCUT2D eigenvalue weighted by molar-refractivity contribution is 0.0493. The van der Waals surface area contributed by atoms with Gasteiger partial charge in [-0.1, -0.05) is 26.7 Å². The van der Waals surface area contributed by atoms with Crippen LogP contribution in [0.4, 0.5) is 0 Å². The molecule has 120 valence electrons. The van der Waals surface area contributed by atoms with Crippen LogP contribution in [0, 0.1) is 11.8 Å². The van der Waals surface area contributed by atoms with Crippen LogP contribution in [0.5, 0.6) is 0 Å². The van der Waals surface area contributed by atoms with Gasteiger partial charge in [0, 0.05) is 6.20 Å². The first-order chi connectivity index (χ1) is 10.3. The standard InChI is InChI=1S/C17H31N3O/c1-3-17(4-2)20-10-9-16(19-20)13-21-12-15-8-6-5-7-14(15)11-18/h9-10,14-15,17H,3-8,11-13,18H2,1-2H3. The van der Waals surface area contributed by atoms with E-state index in [0.29, 0.717) is 24.5 Å². The van der Waals surface area contributed by atoms with Gasteiger partial charge in [-0.25, -0.2) is 0 Å². The average Bonchev–Trinajstić information content (AvgIpc) is 2.98. The summed E-state index contributed by atoms with van der Waals surface area (Å²) in [6.45, 7) is 6.68. The largest absolute Gasteiger partial charge is 0.375 e. The predicted molar refractivity (Wildman–Crippen MR) is 86.0 cm³/mol. The van der Waals surface area contributed by atoms with Gasteiger partial charge >= 0.3 is 0 Å². The number of aromatic nitrogens is 2. The summed E-state index contributed by atoms with van der Waals surface area (Å²) < 4.78 is 8.01. The van der Waals surface area contributed by atoms with Gasteiger partial charge in [0.2, 0.25) is 0 Å². The van der Waals surface area contributed by atoms with Gasteiger partial charge in [0.25, 0.3) is 0 Å². The summed E-state index contributed by atoms with van der Waals surface area (Å²) in [5.41, 5.74) is 6.92. The van der Waals surface area contributed by atoms with Crippen LogP contribution in [0.15, 0.2) is 12.3 Å². The zero-order valence-corrected chi connectivity index (χ0v) is 13.6. The van der Waals surface area contributed by atoms with Crippen molar-refractivity contribution in [2.75, 3.05) is 13.2 Å². The van der Waals surface area contributed by atoms with Gasteiger partial charge in [0.1, 0.15) is 0 Å². The molecule has 2 N–H and O–H groups in total. The maximum Gasteiger partial charge on any atom is 0.0906 e.